The van der Waals surface area contributed by atoms with Crippen LogP contribution in [0.1, 0.15) is 27.0 Å². The molecule has 0 spiro atoms. The molecule has 0 amide bonds. The molecule has 142 valence electrons. The van der Waals surface area contributed by atoms with Gasteiger partial charge < -0.3 is 9.64 Å². The normalized spacial score (nSPS) is 11.5. The second-order valence-corrected chi connectivity index (χ2v) is 6.84. The van der Waals surface area contributed by atoms with Gasteiger partial charge in [0.25, 0.3) is 0 Å². The first-order valence-corrected chi connectivity index (χ1v) is 9.37. The summed E-state index contributed by atoms with van der Waals surface area (Å²) in [6.07, 6.45) is 1.81. The smallest absolute Gasteiger partial charge is 0.193 e. The van der Waals surface area contributed by atoms with Crippen LogP contribution < -0.4 is 0 Å². The molecule has 0 aromatic heterocycles. The van der Waals surface area contributed by atoms with E-state index < -0.39 is 0 Å². The van der Waals surface area contributed by atoms with Gasteiger partial charge in [0.2, 0.25) is 0 Å². The summed E-state index contributed by atoms with van der Waals surface area (Å²) in [5.74, 6) is 0.0274. The summed E-state index contributed by atoms with van der Waals surface area (Å²) < 4.78 is 5.79. The molecule has 0 saturated carbocycles. The number of nitrogens with zero attached hydrogens (tertiary/aromatic N) is 1. The van der Waals surface area contributed by atoms with Crippen molar-refractivity contribution in [2.24, 2.45) is 0 Å². The topological polar surface area (TPSA) is 29.5 Å². The number of benzene rings is 3. The molecule has 3 rings (SSSR count). The van der Waals surface area contributed by atoms with Gasteiger partial charge >= 0.3 is 0 Å². The molecule has 3 aromatic carbocycles. The van der Waals surface area contributed by atoms with Gasteiger partial charge in [-0.05, 0) is 25.2 Å². The summed E-state index contributed by atoms with van der Waals surface area (Å²) in [6.45, 7) is 1.47. The number of ether oxygens (including phenoxy) is 1. The minimum atomic E-state index is 0.0274. The van der Waals surface area contributed by atoms with Crippen LogP contribution in [0.5, 0.6) is 0 Å². The summed E-state index contributed by atoms with van der Waals surface area (Å²) in [4.78, 5) is 14.7. The van der Waals surface area contributed by atoms with Crippen LogP contribution in [-0.4, -0.2) is 37.9 Å². The Bertz CT molecular complexity index is 914. The lowest BCUT2D eigenvalue weighted by molar-refractivity contribution is 0.103. The lowest BCUT2D eigenvalue weighted by Crippen LogP contribution is -2.16. The lowest BCUT2D eigenvalue weighted by atomic mass is 9.96. The Kier molecular flexibility index (Phi) is 6.77. The van der Waals surface area contributed by atoms with Crippen molar-refractivity contribution in [3.63, 3.8) is 0 Å². The van der Waals surface area contributed by atoms with E-state index in [0.717, 1.165) is 23.2 Å². The highest BCUT2D eigenvalue weighted by atomic mass is 16.5. The monoisotopic (exact) mass is 371 g/mol. The summed E-state index contributed by atoms with van der Waals surface area (Å²) >= 11 is 0. The maximum Gasteiger partial charge on any atom is 0.193 e. The predicted octanol–water partition coefficient (Wildman–Crippen LogP) is 4.89. The van der Waals surface area contributed by atoms with Gasteiger partial charge in [-0.25, -0.2) is 0 Å². The van der Waals surface area contributed by atoms with Gasteiger partial charge in [0.05, 0.1) is 12.9 Å². The molecule has 28 heavy (non-hydrogen) atoms. The van der Waals surface area contributed by atoms with E-state index in [1.165, 1.54) is 0 Å². The summed E-state index contributed by atoms with van der Waals surface area (Å²) in [5, 5.41) is 0. The largest absolute Gasteiger partial charge is 0.499 e. The Labute approximate surface area is 166 Å². The molecular weight excluding hydrogens is 346 g/mol. The van der Waals surface area contributed by atoms with Crippen LogP contribution in [0.3, 0.4) is 0 Å². The molecule has 0 heterocycles. The van der Waals surface area contributed by atoms with E-state index in [9.17, 15) is 4.79 Å². The average molecular weight is 371 g/mol. The average Bonchev–Trinajstić information content (AvgIpc) is 2.74. The highest BCUT2D eigenvalue weighted by molar-refractivity contribution is 6.09. The van der Waals surface area contributed by atoms with E-state index >= 15 is 0 Å². The number of carbonyl (C=O) groups excluding carboxylic acids is 1. The van der Waals surface area contributed by atoms with Crippen molar-refractivity contribution in [2.45, 2.75) is 0 Å². The minimum Gasteiger partial charge on any atom is -0.499 e. The van der Waals surface area contributed by atoms with Gasteiger partial charge in [-0.3, -0.25) is 4.79 Å². The SMILES string of the molecule is CN(C)CCO/C=C(\c1ccccc1)c1ccc(C(=O)c2ccccc2)cc1. The molecule has 3 heteroatoms. The highest BCUT2D eigenvalue weighted by Crippen LogP contribution is 2.24. The number of hydrogen-bond donors (Lipinski definition) is 0. The zero-order valence-electron chi connectivity index (χ0n) is 16.3. The number of ketones is 1. The van der Waals surface area contributed by atoms with E-state index in [-0.39, 0.29) is 5.78 Å². The van der Waals surface area contributed by atoms with Crippen LogP contribution in [-0.2, 0) is 4.74 Å². The molecule has 0 aliphatic heterocycles. The maximum absolute atomic E-state index is 12.6. The van der Waals surface area contributed by atoms with E-state index in [1.807, 2.05) is 93.2 Å². The van der Waals surface area contributed by atoms with Crippen molar-refractivity contribution < 1.29 is 9.53 Å². The second-order valence-electron chi connectivity index (χ2n) is 6.84. The van der Waals surface area contributed by atoms with Crippen molar-refractivity contribution in [3.05, 3.63) is 113 Å². The number of carbonyl (C=O) groups is 1. The quantitative estimate of drug-likeness (QED) is 0.321. The van der Waals surface area contributed by atoms with Gasteiger partial charge in [-0.15, -0.1) is 0 Å². The van der Waals surface area contributed by atoms with Crippen LogP contribution in [0.15, 0.2) is 91.2 Å². The van der Waals surface area contributed by atoms with Crippen LogP contribution in [0.25, 0.3) is 5.57 Å². The Morgan fingerprint density at radius 1 is 0.750 bits per heavy atom. The first kappa shape index (κ1) is 19.6. The molecule has 0 bridgehead atoms. The third kappa shape index (κ3) is 5.18. The summed E-state index contributed by atoms with van der Waals surface area (Å²) in [5.41, 5.74) is 4.46. The van der Waals surface area contributed by atoms with Crippen molar-refractivity contribution in [3.8, 4) is 0 Å². The van der Waals surface area contributed by atoms with E-state index in [1.54, 1.807) is 0 Å². The first-order valence-electron chi connectivity index (χ1n) is 9.37. The van der Waals surface area contributed by atoms with Gasteiger partial charge in [0, 0.05) is 23.2 Å². The van der Waals surface area contributed by atoms with Gasteiger partial charge in [-0.1, -0.05) is 84.9 Å². The van der Waals surface area contributed by atoms with Gasteiger partial charge in [0.1, 0.15) is 0 Å². The van der Waals surface area contributed by atoms with Crippen LogP contribution in [0.4, 0.5) is 0 Å². The molecule has 0 fully saturated rings. The van der Waals surface area contributed by atoms with Crippen LogP contribution >= 0.6 is 0 Å². The maximum atomic E-state index is 12.6. The zero-order chi connectivity index (χ0) is 19.8. The zero-order valence-corrected chi connectivity index (χ0v) is 16.3. The van der Waals surface area contributed by atoms with Crippen LogP contribution in [0, 0.1) is 0 Å². The third-order valence-electron chi connectivity index (χ3n) is 4.44. The molecule has 0 aliphatic carbocycles. The number of likely N-dealkylation sites (N-methyl/N-ethyl adjacent to an activating group) is 1. The number of hydrogen-bond acceptors (Lipinski definition) is 3. The predicted molar refractivity (Wildman–Crippen MR) is 114 cm³/mol. The summed E-state index contributed by atoms with van der Waals surface area (Å²) in [6, 6.07) is 27.2. The van der Waals surface area contributed by atoms with Gasteiger partial charge in [0.15, 0.2) is 5.78 Å². The molecule has 0 N–H and O–H groups in total. The van der Waals surface area contributed by atoms with Crippen molar-refractivity contribution in [1.82, 2.24) is 4.90 Å². The molecule has 3 nitrogen and oxygen atoms in total. The molecule has 0 radical (unpaired) electrons. The molecular formula is C25H25NO2. The Balaban J connectivity index is 1.84. The van der Waals surface area contributed by atoms with E-state index in [2.05, 4.69) is 17.0 Å². The first-order chi connectivity index (χ1) is 13.6. The third-order valence-corrected chi connectivity index (χ3v) is 4.44. The Morgan fingerprint density at radius 3 is 1.79 bits per heavy atom. The number of rotatable bonds is 8. The minimum absolute atomic E-state index is 0.0274. The van der Waals surface area contributed by atoms with Crippen molar-refractivity contribution >= 4 is 11.4 Å². The van der Waals surface area contributed by atoms with Crippen LogP contribution in [0.2, 0.25) is 0 Å². The van der Waals surface area contributed by atoms with Gasteiger partial charge in [-0.2, -0.15) is 0 Å². The fourth-order valence-electron chi connectivity index (χ4n) is 2.86. The molecule has 0 saturated heterocycles. The van der Waals surface area contributed by atoms with E-state index in [4.69, 9.17) is 4.74 Å². The Morgan fingerprint density at radius 2 is 1.21 bits per heavy atom. The second kappa shape index (κ2) is 9.67. The molecule has 0 unspecified atom stereocenters. The fourth-order valence-corrected chi connectivity index (χ4v) is 2.86. The standard InChI is InChI=1S/C25H25NO2/c1-26(2)17-18-28-19-24(20-9-5-3-6-10-20)21-13-15-23(16-14-21)25(27)22-11-7-4-8-12-22/h3-16,19H,17-18H2,1-2H3/b24-19+. The lowest BCUT2D eigenvalue weighted by Gasteiger charge is -2.12. The molecule has 0 aliphatic rings. The highest BCUT2D eigenvalue weighted by Gasteiger charge is 2.10. The Hall–Kier alpha value is -3.17. The fraction of sp³-hybridized carbons (Fsp3) is 0.160. The summed E-state index contributed by atoms with van der Waals surface area (Å²) in [7, 11) is 4.04. The molecule has 0 atom stereocenters. The van der Waals surface area contributed by atoms with Crippen molar-refractivity contribution in [2.75, 3.05) is 27.2 Å². The van der Waals surface area contributed by atoms with Crippen molar-refractivity contribution in [1.29, 1.82) is 0 Å². The van der Waals surface area contributed by atoms with E-state index in [0.29, 0.717) is 17.7 Å². The molecule has 3 aromatic rings.